The first-order chi connectivity index (χ1) is 7.00. The van der Waals surface area contributed by atoms with Gasteiger partial charge in [0.2, 0.25) is 0 Å². The molecule has 0 spiro atoms. The summed E-state index contributed by atoms with van der Waals surface area (Å²) in [5.74, 6) is -1.75. The van der Waals surface area contributed by atoms with Gasteiger partial charge in [-0.25, -0.2) is 9.18 Å². The summed E-state index contributed by atoms with van der Waals surface area (Å²) < 4.78 is 15.3. The van der Waals surface area contributed by atoms with Crippen LogP contribution in [0.2, 0.25) is 0 Å². The molecule has 0 unspecified atom stereocenters. The number of hydrogen-bond donors (Lipinski definition) is 1. The highest BCUT2D eigenvalue weighted by atomic mass is 79.9. The van der Waals surface area contributed by atoms with Crippen LogP contribution in [-0.2, 0) is 7.05 Å². The first-order valence-corrected chi connectivity index (χ1v) is 4.85. The minimum atomic E-state index is -1.16. The van der Waals surface area contributed by atoms with E-state index in [0.717, 1.165) is 6.07 Å². The average Bonchev–Trinajstić information content (AvgIpc) is 2.42. The molecule has 0 bridgehead atoms. The maximum absolute atomic E-state index is 13.5. The smallest absolute Gasteiger partial charge is 0.335 e. The van der Waals surface area contributed by atoms with Crippen LogP contribution in [0.4, 0.5) is 4.39 Å². The van der Waals surface area contributed by atoms with E-state index in [-0.39, 0.29) is 11.1 Å². The summed E-state index contributed by atoms with van der Waals surface area (Å²) in [7, 11) is 1.59. The molecule has 0 saturated heterocycles. The summed E-state index contributed by atoms with van der Waals surface area (Å²) in [5, 5.41) is 13.2. The highest BCUT2D eigenvalue weighted by Crippen LogP contribution is 2.26. The average molecular weight is 273 g/mol. The van der Waals surface area contributed by atoms with Crippen molar-refractivity contribution in [1.29, 1.82) is 0 Å². The fourth-order valence-electron chi connectivity index (χ4n) is 1.44. The Morgan fingerprint density at radius 3 is 2.87 bits per heavy atom. The van der Waals surface area contributed by atoms with Crippen LogP contribution in [0.5, 0.6) is 0 Å². The van der Waals surface area contributed by atoms with E-state index < -0.39 is 11.8 Å². The minimum absolute atomic E-state index is 0.0892. The van der Waals surface area contributed by atoms with Crippen molar-refractivity contribution in [2.24, 2.45) is 7.05 Å². The van der Waals surface area contributed by atoms with Crippen molar-refractivity contribution in [1.82, 2.24) is 9.78 Å². The molecule has 1 aromatic carbocycles. The van der Waals surface area contributed by atoms with Crippen LogP contribution in [0.3, 0.4) is 0 Å². The molecule has 0 aliphatic rings. The lowest BCUT2D eigenvalue weighted by Crippen LogP contribution is -1.98. The first-order valence-electron chi connectivity index (χ1n) is 4.05. The highest BCUT2D eigenvalue weighted by Gasteiger charge is 2.15. The lowest BCUT2D eigenvalue weighted by Gasteiger charge is -1.98. The van der Waals surface area contributed by atoms with Crippen LogP contribution in [0.25, 0.3) is 10.9 Å². The van der Waals surface area contributed by atoms with E-state index in [9.17, 15) is 9.18 Å². The molecule has 0 saturated carbocycles. The summed E-state index contributed by atoms with van der Waals surface area (Å²) in [6.45, 7) is 0. The molecule has 15 heavy (non-hydrogen) atoms. The third-order valence-electron chi connectivity index (χ3n) is 2.09. The van der Waals surface area contributed by atoms with Gasteiger partial charge in [-0.2, -0.15) is 5.10 Å². The normalized spacial score (nSPS) is 10.9. The Bertz CT molecular complexity index is 565. The van der Waals surface area contributed by atoms with Crippen molar-refractivity contribution < 1.29 is 14.3 Å². The number of nitrogens with zero attached hydrogens (tertiary/aromatic N) is 2. The fraction of sp³-hybridized carbons (Fsp3) is 0.111. The van der Waals surface area contributed by atoms with Crippen molar-refractivity contribution in [2.75, 3.05) is 0 Å². The van der Waals surface area contributed by atoms with Crippen molar-refractivity contribution in [3.8, 4) is 0 Å². The number of carboxylic acid groups (broad SMARTS) is 1. The molecule has 0 aliphatic heterocycles. The maximum Gasteiger partial charge on any atom is 0.335 e. The summed E-state index contributed by atoms with van der Waals surface area (Å²) >= 11 is 3.14. The SMILES string of the molecule is Cn1nc(Br)c2cc(C(=O)O)cc(F)c21. The van der Waals surface area contributed by atoms with E-state index in [1.165, 1.54) is 10.7 Å². The molecular weight excluding hydrogens is 267 g/mol. The van der Waals surface area contributed by atoms with Gasteiger partial charge in [0.05, 0.1) is 5.56 Å². The lowest BCUT2D eigenvalue weighted by atomic mass is 10.1. The van der Waals surface area contributed by atoms with Crippen molar-refractivity contribution in [2.45, 2.75) is 0 Å². The summed E-state index contributed by atoms with van der Waals surface area (Å²) in [4.78, 5) is 10.7. The van der Waals surface area contributed by atoms with Gasteiger partial charge in [-0.3, -0.25) is 4.68 Å². The predicted molar refractivity (Wildman–Crippen MR) is 55.3 cm³/mol. The van der Waals surface area contributed by atoms with E-state index in [1.807, 2.05) is 0 Å². The number of aryl methyl sites for hydroxylation is 1. The highest BCUT2D eigenvalue weighted by molar-refractivity contribution is 9.10. The van der Waals surface area contributed by atoms with Crippen LogP contribution < -0.4 is 0 Å². The van der Waals surface area contributed by atoms with E-state index in [4.69, 9.17) is 5.11 Å². The standard InChI is InChI=1S/C9H6BrFN2O2/c1-13-7-5(8(10)12-13)2-4(9(14)15)3-6(7)11/h2-3H,1H3,(H,14,15). The molecule has 2 aromatic rings. The second kappa shape index (κ2) is 3.30. The molecule has 2 rings (SSSR count). The van der Waals surface area contributed by atoms with Gasteiger partial charge in [0.1, 0.15) is 15.9 Å². The lowest BCUT2D eigenvalue weighted by molar-refractivity contribution is 0.0696. The Kier molecular flexibility index (Phi) is 2.22. The van der Waals surface area contributed by atoms with Gasteiger partial charge in [0, 0.05) is 12.4 Å². The Labute approximate surface area is 92.4 Å². The molecule has 0 amide bonds. The third-order valence-corrected chi connectivity index (χ3v) is 2.68. The molecule has 0 atom stereocenters. The van der Waals surface area contributed by atoms with Crippen molar-refractivity contribution in [3.05, 3.63) is 28.1 Å². The number of aromatic carboxylic acids is 1. The van der Waals surface area contributed by atoms with Crippen molar-refractivity contribution in [3.63, 3.8) is 0 Å². The van der Waals surface area contributed by atoms with Gasteiger partial charge in [-0.05, 0) is 28.1 Å². The summed E-state index contributed by atoms with van der Waals surface area (Å²) in [6.07, 6.45) is 0. The molecule has 1 heterocycles. The minimum Gasteiger partial charge on any atom is -0.478 e. The van der Waals surface area contributed by atoms with Crippen LogP contribution in [-0.4, -0.2) is 20.9 Å². The van der Waals surface area contributed by atoms with E-state index in [2.05, 4.69) is 21.0 Å². The molecule has 78 valence electrons. The fourth-order valence-corrected chi connectivity index (χ4v) is 1.98. The monoisotopic (exact) mass is 272 g/mol. The molecule has 6 heteroatoms. The quantitative estimate of drug-likeness (QED) is 0.866. The van der Waals surface area contributed by atoms with Crippen LogP contribution in [0, 0.1) is 5.82 Å². The number of halogens is 2. The molecular formula is C9H6BrFN2O2. The molecule has 4 nitrogen and oxygen atoms in total. The number of benzene rings is 1. The Balaban J connectivity index is 2.87. The number of rotatable bonds is 1. The van der Waals surface area contributed by atoms with Crippen LogP contribution in [0.1, 0.15) is 10.4 Å². The largest absolute Gasteiger partial charge is 0.478 e. The van der Waals surface area contributed by atoms with E-state index >= 15 is 0 Å². The molecule has 0 radical (unpaired) electrons. The molecule has 0 aliphatic carbocycles. The van der Waals surface area contributed by atoms with Crippen molar-refractivity contribution >= 4 is 32.8 Å². The second-order valence-electron chi connectivity index (χ2n) is 3.07. The van der Waals surface area contributed by atoms with E-state index in [1.54, 1.807) is 7.05 Å². The Hall–Kier alpha value is -1.43. The number of hydrogen-bond acceptors (Lipinski definition) is 2. The predicted octanol–water partition coefficient (Wildman–Crippen LogP) is 2.17. The third kappa shape index (κ3) is 1.50. The molecule has 1 aromatic heterocycles. The number of fused-ring (bicyclic) bond motifs is 1. The first kappa shape index (κ1) is 10.1. The van der Waals surface area contributed by atoms with Gasteiger partial charge < -0.3 is 5.11 Å². The maximum atomic E-state index is 13.5. The zero-order valence-electron chi connectivity index (χ0n) is 7.66. The summed E-state index contributed by atoms with van der Waals surface area (Å²) in [6, 6.07) is 2.37. The Morgan fingerprint density at radius 1 is 1.60 bits per heavy atom. The number of aromatic nitrogens is 2. The van der Waals surface area contributed by atoms with Gasteiger partial charge in [0.25, 0.3) is 0 Å². The van der Waals surface area contributed by atoms with Crippen LogP contribution >= 0.6 is 15.9 Å². The topological polar surface area (TPSA) is 55.1 Å². The zero-order valence-corrected chi connectivity index (χ0v) is 9.25. The Morgan fingerprint density at radius 2 is 2.27 bits per heavy atom. The molecule has 1 N–H and O–H groups in total. The van der Waals surface area contributed by atoms with E-state index in [0.29, 0.717) is 9.99 Å². The summed E-state index contributed by atoms with van der Waals surface area (Å²) in [5.41, 5.74) is 0.195. The van der Waals surface area contributed by atoms with Crippen LogP contribution in [0.15, 0.2) is 16.7 Å². The number of carboxylic acids is 1. The zero-order chi connectivity index (χ0) is 11.2. The van der Waals surface area contributed by atoms with Gasteiger partial charge >= 0.3 is 5.97 Å². The molecule has 0 fully saturated rings. The van der Waals surface area contributed by atoms with Gasteiger partial charge in [-0.1, -0.05) is 0 Å². The second-order valence-corrected chi connectivity index (χ2v) is 3.82. The van der Waals surface area contributed by atoms with Gasteiger partial charge in [-0.15, -0.1) is 0 Å². The number of carbonyl (C=O) groups is 1. The van der Waals surface area contributed by atoms with Gasteiger partial charge in [0.15, 0.2) is 0 Å².